The van der Waals surface area contributed by atoms with Crippen LogP contribution in [0.1, 0.15) is 0 Å². The minimum absolute atomic E-state index is 0.455. The van der Waals surface area contributed by atoms with Crippen LogP contribution in [0.3, 0.4) is 0 Å². The lowest BCUT2D eigenvalue weighted by Gasteiger charge is -2.14. The lowest BCUT2D eigenvalue weighted by atomic mass is 10.1. The highest BCUT2D eigenvalue weighted by atomic mass is 16.5. The van der Waals surface area contributed by atoms with Crippen molar-refractivity contribution in [3.05, 3.63) is 18.3 Å². The number of methoxy groups -OCH3 is 3. The lowest BCUT2D eigenvalue weighted by Crippen LogP contribution is -1.96. The van der Waals surface area contributed by atoms with Gasteiger partial charge >= 0.3 is 0 Å². The Morgan fingerprint density at radius 2 is 1.67 bits per heavy atom. The molecule has 0 spiro atoms. The molecule has 0 amide bonds. The molecule has 2 aromatic rings. The van der Waals surface area contributed by atoms with Crippen LogP contribution in [0.5, 0.6) is 17.2 Å². The number of hydrogen-bond donors (Lipinski definition) is 2. The van der Waals surface area contributed by atoms with E-state index in [0.717, 1.165) is 11.1 Å². The summed E-state index contributed by atoms with van der Waals surface area (Å²) < 4.78 is 15.9. The van der Waals surface area contributed by atoms with Gasteiger partial charge in [-0.05, 0) is 0 Å². The maximum absolute atomic E-state index is 5.83. The third kappa shape index (κ3) is 1.92. The third-order valence-corrected chi connectivity index (χ3v) is 2.65. The Labute approximate surface area is 105 Å². The van der Waals surface area contributed by atoms with Gasteiger partial charge in [0.15, 0.2) is 0 Å². The average Bonchev–Trinajstić information content (AvgIpc) is 2.82. The van der Waals surface area contributed by atoms with Crippen molar-refractivity contribution in [3.63, 3.8) is 0 Å². The van der Waals surface area contributed by atoms with Gasteiger partial charge in [0.25, 0.3) is 0 Å². The number of hydrogen-bond acceptors (Lipinski definition) is 5. The topological polar surface area (TPSA) is 82.4 Å². The summed E-state index contributed by atoms with van der Waals surface area (Å²) in [6.45, 7) is 0. The van der Waals surface area contributed by atoms with Crippen molar-refractivity contribution < 1.29 is 14.2 Å². The number of anilines is 1. The van der Waals surface area contributed by atoms with Crippen molar-refractivity contribution in [1.29, 1.82) is 0 Å². The molecule has 0 saturated carbocycles. The van der Waals surface area contributed by atoms with Gasteiger partial charge in [0.05, 0.1) is 38.7 Å². The Morgan fingerprint density at radius 3 is 2.06 bits per heavy atom. The van der Waals surface area contributed by atoms with Crippen LogP contribution in [0.25, 0.3) is 11.1 Å². The van der Waals surface area contributed by atoms with Gasteiger partial charge in [-0.1, -0.05) is 0 Å². The fourth-order valence-corrected chi connectivity index (χ4v) is 1.77. The second-order valence-corrected chi connectivity index (χ2v) is 3.60. The van der Waals surface area contributed by atoms with Gasteiger partial charge in [-0.3, -0.25) is 5.10 Å². The van der Waals surface area contributed by atoms with Crippen molar-refractivity contribution in [3.8, 4) is 28.4 Å². The highest BCUT2D eigenvalue weighted by molar-refractivity contribution is 5.83. The first-order chi connectivity index (χ1) is 8.71. The average molecular weight is 249 g/mol. The van der Waals surface area contributed by atoms with Crippen molar-refractivity contribution in [2.45, 2.75) is 0 Å². The minimum Gasteiger partial charge on any atom is -0.496 e. The van der Waals surface area contributed by atoms with E-state index in [1.54, 1.807) is 39.7 Å². The highest BCUT2D eigenvalue weighted by Crippen LogP contribution is 2.43. The van der Waals surface area contributed by atoms with Crippen LogP contribution in [-0.2, 0) is 0 Å². The van der Waals surface area contributed by atoms with Crippen LogP contribution in [0, 0.1) is 0 Å². The van der Waals surface area contributed by atoms with E-state index in [1.807, 2.05) is 0 Å². The molecule has 0 atom stereocenters. The number of H-pyrrole nitrogens is 1. The van der Waals surface area contributed by atoms with E-state index in [-0.39, 0.29) is 0 Å². The highest BCUT2D eigenvalue weighted by Gasteiger charge is 2.18. The molecule has 0 radical (unpaired) electrons. The van der Waals surface area contributed by atoms with E-state index in [1.165, 1.54) is 0 Å². The van der Waals surface area contributed by atoms with E-state index in [2.05, 4.69) is 10.2 Å². The Bertz CT molecular complexity index is 526. The van der Waals surface area contributed by atoms with Gasteiger partial charge in [-0.2, -0.15) is 5.10 Å². The molecule has 0 saturated heterocycles. The van der Waals surface area contributed by atoms with Crippen LogP contribution >= 0.6 is 0 Å². The fraction of sp³-hybridized carbons (Fsp3) is 0.250. The van der Waals surface area contributed by atoms with Crippen LogP contribution in [0.4, 0.5) is 5.82 Å². The smallest absolute Gasteiger partial charge is 0.134 e. The maximum atomic E-state index is 5.83. The standard InChI is InChI=1S/C12H15N3O3/c1-16-7-4-9(17-2)11(10(5-7)18-3)8-6-14-15-12(8)13/h4-6H,1-3H3,(H3,13,14,15). The summed E-state index contributed by atoms with van der Waals surface area (Å²) in [5, 5.41) is 6.58. The first-order valence-electron chi connectivity index (χ1n) is 5.30. The molecule has 0 aliphatic rings. The molecule has 0 aliphatic carbocycles. The second-order valence-electron chi connectivity index (χ2n) is 3.60. The maximum Gasteiger partial charge on any atom is 0.134 e. The van der Waals surface area contributed by atoms with Gasteiger partial charge < -0.3 is 19.9 Å². The molecule has 0 bridgehead atoms. The van der Waals surface area contributed by atoms with Crippen molar-refractivity contribution >= 4 is 5.82 Å². The Morgan fingerprint density at radius 1 is 1.06 bits per heavy atom. The van der Waals surface area contributed by atoms with Crippen molar-refractivity contribution in [2.24, 2.45) is 0 Å². The van der Waals surface area contributed by atoms with E-state index in [9.17, 15) is 0 Å². The zero-order valence-electron chi connectivity index (χ0n) is 10.5. The molecule has 2 rings (SSSR count). The molecule has 6 heteroatoms. The quantitative estimate of drug-likeness (QED) is 0.861. The van der Waals surface area contributed by atoms with E-state index in [0.29, 0.717) is 23.1 Å². The molecular weight excluding hydrogens is 234 g/mol. The zero-order valence-corrected chi connectivity index (χ0v) is 10.5. The lowest BCUT2D eigenvalue weighted by molar-refractivity contribution is 0.377. The molecule has 18 heavy (non-hydrogen) atoms. The number of aromatic nitrogens is 2. The number of aromatic amines is 1. The largest absolute Gasteiger partial charge is 0.496 e. The zero-order chi connectivity index (χ0) is 13.1. The monoisotopic (exact) mass is 249 g/mol. The first kappa shape index (κ1) is 12.1. The number of rotatable bonds is 4. The summed E-state index contributed by atoms with van der Waals surface area (Å²) in [4.78, 5) is 0. The summed E-state index contributed by atoms with van der Waals surface area (Å²) in [6, 6.07) is 3.54. The normalized spacial score (nSPS) is 10.2. The van der Waals surface area contributed by atoms with Crippen LogP contribution < -0.4 is 19.9 Å². The van der Waals surface area contributed by atoms with Gasteiger partial charge in [0, 0.05) is 12.1 Å². The SMILES string of the molecule is COc1cc(OC)c(-c2cn[nH]c2N)c(OC)c1. The van der Waals surface area contributed by atoms with Gasteiger partial charge in [0.2, 0.25) is 0 Å². The molecule has 1 aromatic carbocycles. The molecule has 1 heterocycles. The molecule has 3 N–H and O–H groups in total. The Balaban J connectivity index is 2.68. The van der Waals surface area contributed by atoms with E-state index >= 15 is 0 Å². The summed E-state index contributed by atoms with van der Waals surface area (Å²) in [6.07, 6.45) is 1.63. The Hall–Kier alpha value is -2.37. The van der Waals surface area contributed by atoms with Gasteiger partial charge in [-0.25, -0.2) is 0 Å². The molecule has 6 nitrogen and oxygen atoms in total. The first-order valence-corrected chi connectivity index (χ1v) is 5.30. The van der Waals surface area contributed by atoms with E-state index < -0.39 is 0 Å². The summed E-state index contributed by atoms with van der Waals surface area (Å²) in [5.41, 5.74) is 7.30. The van der Waals surface area contributed by atoms with Crippen LogP contribution in [0.2, 0.25) is 0 Å². The second kappa shape index (κ2) is 4.87. The summed E-state index contributed by atoms with van der Waals surface area (Å²) in [7, 11) is 4.74. The number of nitrogen functional groups attached to an aromatic ring is 1. The summed E-state index contributed by atoms with van der Waals surface area (Å²) in [5.74, 6) is 2.32. The molecule has 96 valence electrons. The predicted octanol–water partition coefficient (Wildman–Crippen LogP) is 1.68. The predicted molar refractivity (Wildman–Crippen MR) is 68.1 cm³/mol. The molecule has 0 unspecified atom stereocenters. The molecule has 1 aromatic heterocycles. The molecule has 0 fully saturated rings. The number of ether oxygens (including phenoxy) is 3. The van der Waals surface area contributed by atoms with Crippen LogP contribution in [0.15, 0.2) is 18.3 Å². The number of benzene rings is 1. The number of nitrogens with zero attached hydrogens (tertiary/aromatic N) is 1. The van der Waals surface area contributed by atoms with Crippen molar-refractivity contribution in [2.75, 3.05) is 27.1 Å². The Kier molecular flexibility index (Phi) is 3.27. The third-order valence-electron chi connectivity index (χ3n) is 2.65. The molecule has 0 aliphatic heterocycles. The number of nitrogens with two attached hydrogens (primary N) is 1. The van der Waals surface area contributed by atoms with Crippen molar-refractivity contribution in [1.82, 2.24) is 10.2 Å². The number of nitrogens with one attached hydrogen (secondary N) is 1. The molecular formula is C12H15N3O3. The fourth-order valence-electron chi connectivity index (χ4n) is 1.77. The van der Waals surface area contributed by atoms with E-state index in [4.69, 9.17) is 19.9 Å². The van der Waals surface area contributed by atoms with Gasteiger partial charge in [-0.15, -0.1) is 0 Å². The van der Waals surface area contributed by atoms with Crippen LogP contribution in [-0.4, -0.2) is 31.5 Å². The van der Waals surface area contributed by atoms with Gasteiger partial charge in [0.1, 0.15) is 23.1 Å². The summed E-state index contributed by atoms with van der Waals surface area (Å²) >= 11 is 0. The minimum atomic E-state index is 0.455.